The number of nitrogens with one attached hydrogen (secondary N) is 2. The predicted molar refractivity (Wildman–Crippen MR) is 112 cm³/mol. The Morgan fingerprint density at radius 2 is 1.57 bits per heavy atom. The zero-order valence-electron chi connectivity index (χ0n) is 17.6. The summed E-state index contributed by atoms with van der Waals surface area (Å²) < 4.78 is 41.6. The number of halogens is 1. The number of amides is 2. The van der Waals surface area contributed by atoms with Crippen molar-refractivity contribution in [1.29, 1.82) is 5.41 Å². The molecule has 1 rings (SSSR count). The Kier molecular flexibility index (Phi) is 7.86. The van der Waals surface area contributed by atoms with Crippen LogP contribution in [0.4, 0.5) is 15.3 Å². The molecule has 2 amide bonds. The molecule has 0 aliphatic heterocycles. The van der Waals surface area contributed by atoms with Crippen LogP contribution in [0.15, 0.2) is 18.2 Å². The molecule has 0 bridgehead atoms. The molecule has 0 spiro atoms. The number of imide groups is 1. The number of anilines is 1. The van der Waals surface area contributed by atoms with Crippen molar-refractivity contribution in [3.63, 3.8) is 0 Å². The quantitative estimate of drug-likeness (QED) is 0.342. The maximum absolute atomic E-state index is 12.6. The minimum Gasteiger partial charge on any atom is -0.443 e. The summed E-state index contributed by atoms with van der Waals surface area (Å²) in [5.41, 5.74) is -1.55. The lowest BCUT2D eigenvalue weighted by molar-refractivity contribution is -0.000244. The van der Waals surface area contributed by atoms with Crippen LogP contribution in [0.25, 0.3) is 0 Å². The molecule has 3 N–H and O–H groups in total. The lowest BCUT2D eigenvalue weighted by Crippen LogP contribution is -2.43. The molecule has 0 fully saturated rings. The van der Waals surface area contributed by atoms with Gasteiger partial charge in [0.25, 0.3) is 0 Å². The molecule has 0 atom stereocenters. The van der Waals surface area contributed by atoms with E-state index >= 15 is 0 Å². The molecule has 0 aliphatic rings. The second kappa shape index (κ2) is 9.19. The van der Waals surface area contributed by atoms with Crippen LogP contribution < -0.4 is 5.32 Å². The Morgan fingerprint density at radius 1 is 1.10 bits per heavy atom. The van der Waals surface area contributed by atoms with E-state index in [-0.39, 0.29) is 22.8 Å². The first-order valence-corrected chi connectivity index (χ1v) is 10.6. The maximum atomic E-state index is 12.6. The number of benzene rings is 1. The standard InChI is InChI=1S/C18H26ClN3O7S/c1-17(2,3)28-15(23)22(16(24)29-18(4,5)6)10-11-8-7-9-12(13(11)19)21-14(20)30(25,26)27/h7-9H,10H2,1-6H3,(H2,20,21)(H,25,26,27). The highest BCUT2D eigenvalue weighted by atomic mass is 35.5. The topological polar surface area (TPSA) is 146 Å². The van der Waals surface area contributed by atoms with E-state index in [1.807, 2.05) is 0 Å². The van der Waals surface area contributed by atoms with Crippen LogP contribution in [0.5, 0.6) is 0 Å². The van der Waals surface area contributed by atoms with Gasteiger partial charge in [-0.05, 0) is 53.2 Å². The number of amidine groups is 1. The number of nitrogens with zero attached hydrogens (tertiary/aromatic N) is 1. The first-order chi connectivity index (χ1) is 13.4. The summed E-state index contributed by atoms with van der Waals surface area (Å²) in [6, 6.07) is 4.31. The smallest absolute Gasteiger partial charge is 0.420 e. The third-order valence-electron chi connectivity index (χ3n) is 3.14. The molecule has 12 heteroatoms. The molecular weight excluding hydrogens is 438 g/mol. The Labute approximate surface area is 180 Å². The first-order valence-electron chi connectivity index (χ1n) is 8.74. The van der Waals surface area contributed by atoms with Crippen molar-refractivity contribution < 1.29 is 32.0 Å². The summed E-state index contributed by atoms with van der Waals surface area (Å²) in [4.78, 5) is 25.9. The van der Waals surface area contributed by atoms with Crippen molar-refractivity contribution in [2.75, 3.05) is 5.32 Å². The van der Waals surface area contributed by atoms with Gasteiger partial charge in [-0.25, -0.2) is 14.5 Å². The van der Waals surface area contributed by atoms with Gasteiger partial charge in [-0.15, -0.1) is 0 Å². The molecule has 30 heavy (non-hydrogen) atoms. The fourth-order valence-electron chi connectivity index (χ4n) is 1.99. The SMILES string of the molecule is CC(C)(C)OC(=O)N(Cc1cccc(NC(=N)S(=O)(=O)O)c1Cl)C(=O)OC(C)(C)C. The average Bonchev–Trinajstić information content (AvgIpc) is 2.51. The van der Waals surface area contributed by atoms with Crippen LogP contribution in [-0.4, -0.2) is 46.4 Å². The zero-order valence-corrected chi connectivity index (χ0v) is 19.1. The average molecular weight is 464 g/mol. The Morgan fingerprint density at radius 3 is 1.97 bits per heavy atom. The monoisotopic (exact) mass is 463 g/mol. The molecule has 10 nitrogen and oxygen atoms in total. The van der Waals surface area contributed by atoms with E-state index in [2.05, 4.69) is 5.32 Å². The van der Waals surface area contributed by atoms with Gasteiger partial charge in [0.05, 0.1) is 17.3 Å². The minimum absolute atomic E-state index is 0.0230. The minimum atomic E-state index is -4.77. The number of carbonyl (C=O) groups is 2. The van der Waals surface area contributed by atoms with Gasteiger partial charge >= 0.3 is 22.3 Å². The van der Waals surface area contributed by atoms with Crippen molar-refractivity contribution in [1.82, 2.24) is 4.90 Å². The molecule has 0 unspecified atom stereocenters. The van der Waals surface area contributed by atoms with Gasteiger partial charge in [0.1, 0.15) is 11.2 Å². The van der Waals surface area contributed by atoms with E-state index in [1.165, 1.54) is 18.2 Å². The summed E-state index contributed by atoms with van der Waals surface area (Å²) in [5.74, 6) is 0. The van der Waals surface area contributed by atoms with E-state index in [4.69, 9.17) is 31.0 Å². The molecule has 0 saturated carbocycles. The summed E-state index contributed by atoms with van der Waals surface area (Å²) in [7, 11) is -4.77. The molecule has 0 heterocycles. The van der Waals surface area contributed by atoms with Crippen molar-refractivity contribution in [2.45, 2.75) is 59.3 Å². The van der Waals surface area contributed by atoms with Crippen LogP contribution in [0, 0.1) is 5.41 Å². The van der Waals surface area contributed by atoms with Crippen LogP contribution in [0.3, 0.4) is 0 Å². The second-order valence-electron chi connectivity index (χ2n) is 8.25. The lowest BCUT2D eigenvalue weighted by Gasteiger charge is -2.29. The van der Waals surface area contributed by atoms with Gasteiger partial charge in [-0.1, -0.05) is 23.7 Å². The third kappa shape index (κ3) is 8.17. The first kappa shape index (κ1) is 25.7. The van der Waals surface area contributed by atoms with Gasteiger partial charge < -0.3 is 14.8 Å². The third-order valence-corrected chi connectivity index (χ3v) is 4.21. The van der Waals surface area contributed by atoms with Crippen molar-refractivity contribution >= 4 is 44.8 Å². The number of rotatable bonds is 3. The lowest BCUT2D eigenvalue weighted by atomic mass is 10.2. The Hall–Kier alpha value is -2.37. The van der Waals surface area contributed by atoms with Gasteiger partial charge in [0.15, 0.2) is 0 Å². The molecule has 168 valence electrons. The van der Waals surface area contributed by atoms with E-state index in [0.717, 1.165) is 4.90 Å². The van der Waals surface area contributed by atoms with Crippen molar-refractivity contribution in [3.05, 3.63) is 28.8 Å². The molecule has 0 aromatic heterocycles. The molecule has 0 saturated heterocycles. The molecular formula is C18H26ClN3O7S. The van der Waals surface area contributed by atoms with Gasteiger partial charge in [0.2, 0.25) is 5.17 Å². The van der Waals surface area contributed by atoms with E-state index in [1.54, 1.807) is 41.5 Å². The molecule has 0 radical (unpaired) electrons. The zero-order chi connectivity index (χ0) is 23.5. The van der Waals surface area contributed by atoms with Gasteiger partial charge in [-0.2, -0.15) is 8.42 Å². The summed E-state index contributed by atoms with van der Waals surface area (Å²) in [6.07, 6.45) is -1.92. The number of hydrogen-bond acceptors (Lipinski definition) is 7. The van der Waals surface area contributed by atoms with Crippen molar-refractivity contribution in [3.8, 4) is 0 Å². The predicted octanol–water partition coefficient (Wildman–Crippen LogP) is 4.25. The van der Waals surface area contributed by atoms with Crippen molar-refractivity contribution in [2.24, 2.45) is 0 Å². The van der Waals surface area contributed by atoms with Crippen LogP contribution in [0.1, 0.15) is 47.1 Å². The number of ether oxygens (including phenoxy) is 2. The Balaban J connectivity index is 3.26. The largest absolute Gasteiger partial charge is 0.443 e. The number of carbonyl (C=O) groups excluding carboxylic acids is 2. The molecule has 0 aliphatic carbocycles. The number of hydrogen-bond donors (Lipinski definition) is 3. The molecule has 1 aromatic rings. The highest BCUT2D eigenvalue weighted by molar-refractivity contribution is 8.01. The van der Waals surface area contributed by atoms with Gasteiger partial charge in [-0.3, -0.25) is 9.96 Å². The normalized spacial score (nSPS) is 12.1. The molecule has 1 aromatic carbocycles. The second-order valence-corrected chi connectivity index (χ2v) is 9.99. The highest BCUT2D eigenvalue weighted by Crippen LogP contribution is 2.28. The highest BCUT2D eigenvalue weighted by Gasteiger charge is 2.32. The van der Waals surface area contributed by atoms with E-state index in [9.17, 15) is 18.0 Å². The van der Waals surface area contributed by atoms with Crippen LogP contribution >= 0.6 is 11.6 Å². The Bertz CT molecular complexity index is 906. The van der Waals surface area contributed by atoms with Gasteiger partial charge in [0, 0.05) is 0 Å². The fraction of sp³-hybridized carbons (Fsp3) is 0.500. The van der Waals surface area contributed by atoms with Crippen LogP contribution in [0.2, 0.25) is 5.02 Å². The maximum Gasteiger partial charge on any atom is 0.420 e. The summed E-state index contributed by atoms with van der Waals surface area (Å²) in [5, 5.41) is 8.27. The van der Waals surface area contributed by atoms with Crippen LogP contribution in [-0.2, 0) is 26.1 Å². The summed E-state index contributed by atoms with van der Waals surface area (Å²) in [6.45, 7) is 9.46. The fourth-order valence-corrected chi connectivity index (χ4v) is 2.47. The summed E-state index contributed by atoms with van der Waals surface area (Å²) >= 11 is 6.26. The van der Waals surface area contributed by atoms with E-state index < -0.39 is 38.7 Å². The van der Waals surface area contributed by atoms with E-state index in [0.29, 0.717) is 0 Å².